The number of aromatic nitrogens is 2. The summed E-state index contributed by atoms with van der Waals surface area (Å²) in [6.45, 7) is 3.56. The standard InChI is InChI=1S/C17H24N4O5S/c1-4-6-15-19-17(26-20-15)10-9-16(22)18-12-7-8-13(14(11-12)25-3)21-27(23,24)5-2/h7-8,11,21H,4-6,9-10H2,1-3H3,(H,18,22). The molecule has 10 heteroatoms. The quantitative estimate of drug-likeness (QED) is 0.632. The predicted octanol–water partition coefficient (Wildman–Crippen LogP) is 2.36. The summed E-state index contributed by atoms with van der Waals surface area (Å²) in [5.41, 5.74) is 0.806. The van der Waals surface area contributed by atoms with Crippen molar-refractivity contribution < 1.29 is 22.5 Å². The molecule has 148 valence electrons. The molecule has 1 amide bonds. The molecular formula is C17H24N4O5S. The maximum Gasteiger partial charge on any atom is 0.232 e. The molecule has 1 aromatic heterocycles. The van der Waals surface area contributed by atoms with Crippen LogP contribution in [0, 0.1) is 0 Å². The van der Waals surface area contributed by atoms with Crippen LogP contribution in [0.1, 0.15) is 38.4 Å². The SMILES string of the molecule is CCCc1noc(CCC(=O)Nc2ccc(NS(=O)(=O)CC)c(OC)c2)n1. The minimum atomic E-state index is -3.42. The van der Waals surface area contributed by atoms with E-state index in [9.17, 15) is 13.2 Å². The van der Waals surface area contributed by atoms with Gasteiger partial charge in [-0.2, -0.15) is 4.98 Å². The van der Waals surface area contributed by atoms with E-state index in [4.69, 9.17) is 9.26 Å². The molecule has 0 spiro atoms. The number of rotatable bonds is 10. The van der Waals surface area contributed by atoms with Gasteiger partial charge in [0.25, 0.3) is 0 Å². The van der Waals surface area contributed by atoms with E-state index in [-0.39, 0.29) is 18.1 Å². The average Bonchev–Trinajstić information content (AvgIpc) is 3.09. The summed E-state index contributed by atoms with van der Waals surface area (Å²) in [6.07, 6.45) is 2.18. The number of nitrogens with one attached hydrogen (secondary N) is 2. The highest BCUT2D eigenvalue weighted by molar-refractivity contribution is 7.92. The first-order chi connectivity index (χ1) is 12.9. The lowest BCUT2D eigenvalue weighted by molar-refractivity contribution is -0.116. The molecule has 2 N–H and O–H groups in total. The van der Waals surface area contributed by atoms with Crippen LogP contribution < -0.4 is 14.8 Å². The van der Waals surface area contributed by atoms with Crippen LogP contribution in [0.25, 0.3) is 0 Å². The molecule has 1 aromatic carbocycles. The van der Waals surface area contributed by atoms with E-state index >= 15 is 0 Å². The number of ether oxygens (including phenoxy) is 1. The molecule has 0 bridgehead atoms. The van der Waals surface area contributed by atoms with Crippen molar-refractivity contribution in [2.24, 2.45) is 0 Å². The Bertz CT molecular complexity index is 879. The zero-order chi connectivity index (χ0) is 19.9. The van der Waals surface area contributed by atoms with Gasteiger partial charge in [-0.25, -0.2) is 8.42 Å². The van der Waals surface area contributed by atoms with Gasteiger partial charge in [-0.1, -0.05) is 12.1 Å². The number of carbonyl (C=O) groups excluding carboxylic acids is 1. The molecule has 0 aliphatic carbocycles. The Hall–Kier alpha value is -2.62. The number of carbonyl (C=O) groups is 1. The minimum absolute atomic E-state index is 0.0513. The van der Waals surface area contributed by atoms with Gasteiger partial charge in [0.15, 0.2) is 5.82 Å². The molecule has 2 aromatic rings. The third kappa shape index (κ3) is 6.24. The monoisotopic (exact) mass is 396 g/mol. The van der Waals surface area contributed by atoms with Crippen molar-refractivity contribution in [3.63, 3.8) is 0 Å². The first-order valence-electron chi connectivity index (χ1n) is 8.66. The van der Waals surface area contributed by atoms with E-state index in [1.165, 1.54) is 20.1 Å². The number of anilines is 2. The molecule has 0 saturated heterocycles. The largest absolute Gasteiger partial charge is 0.494 e. The van der Waals surface area contributed by atoms with Crippen LogP contribution in [0.3, 0.4) is 0 Å². The number of aryl methyl sites for hydroxylation is 2. The van der Waals surface area contributed by atoms with Gasteiger partial charge in [0.05, 0.1) is 18.6 Å². The Kier molecular flexibility index (Phi) is 7.17. The summed E-state index contributed by atoms with van der Waals surface area (Å²) < 4.78 is 36.1. The highest BCUT2D eigenvalue weighted by Gasteiger charge is 2.13. The Morgan fingerprint density at radius 3 is 2.70 bits per heavy atom. The van der Waals surface area contributed by atoms with Gasteiger partial charge in [0, 0.05) is 31.0 Å². The van der Waals surface area contributed by atoms with Crippen LogP contribution in [0.15, 0.2) is 22.7 Å². The number of hydrogen-bond acceptors (Lipinski definition) is 7. The Morgan fingerprint density at radius 1 is 1.26 bits per heavy atom. The number of methoxy groups -OCH3 is 1. The van der Waals surface area contributed by atoms with Crippen molar-refractivity contribution in [1.29, 1.82) is 0 Å². The number of benzene rings is 1. The van der Waals surface area contributed by atoms with Gasteiger partial charge < -0.3 is 14.6 Å². The number of nitrogens with zero attached hydrogens (tertiary/aromatic N) is 2. The van der Waals surface area contributed by atoms with Crippen molar-refractivity contribution in [2.75, 3.05) is 22.9 Å². The van der Waals surface area contributed by atoms with E-state index in [1.807, 2.05) is 6.92 Å². The molecule has 9 nitrogen and oxygen atoms in total. The fraction of sp³-hybridized carbons (Fsp3) is 0.471. The molecule has 0 radical (unpaired) electrons. The van der Waals surface area contributed by atoms with Crippen molar-refractivity contribution in [1.82, 2.24) is 10.1 Å². The smallest absolute Gasteiger partial charge is 0.232 e. The highest BCUT2D eigenvalue weighted by atomic mass is 32.2. The molecule has 2 rings (SSSR count). The van der Waals surface area contributed by atoms with Crippen molar-refractivity contribution >= 4 is 27.3 Å². The van der Waals surface area contributed by atoms with Gasteiger partial charge in [-0.05, 0) is 25.5 Å². The maximum atomic E-state index is 12.1. The summed E-state index contributed by atoms with van der Waals surface area (Å²) in [5, 5.41) is 6.58. The van der Waals surface area contributed by atoms with E-state index in [1.54, 1.807) is 12.1 Å². The molecular weight excluding hydrogens is 372 g/mol. The van der Waals surface area contributed by atoms with Gasteiger partial charge in [0.2, 0.25) is 21.8 Å². The van der Waals surface area contributed by atoms with Gasteiger partial charge in [0.1, 0.15) is 5.75 Å². The molecule has 0 fully saturated rings. The molecule has 1 heterocycles. The lowest BCUT2D eigenvalue weighted by Crippen LogP contribution is -2.16. The second-order valence-corrected chi connectivity index (χ2v) is 7.83. The Morgan fingerprint density at radius 2 is 2.04 bits per heavy atom. The second-order valence-electron chi connectivity index (χ2n) is 5.82. The zero-order valence-electron chi connectivity index (χ0n) is 15.6. The number of sulfonamides is 1. The molecule has 0 unspecified atom stereocenters. The Labute approximate surface area is 158 Å². The van der Waals surface area contributed by atoms with Gasteiger partial charge in [-0.15, -0.1) is 0 Å². The summed E-state index contributed by atoms with van der Waals surface area (Å²) >= 11 is 0. The summed E-state index contributed by atoms with van der Waals surface area (Å²) in [5.74, 6) is 1.10. The molecule has 0 saturated carbocycles. The van der Waals surface area contributed by atoms with Crippen LogP contribution in [0.5, 0.6) is 5.75 Å². The third-order valence-electron chi connectivity index (χ3n) is 3.68. The van der Waals surface area contributed by atoms with Crippen molar-refractivity contribution in [3.8, 4) is 5.75 Å². The van der Waals surface area contributed by atoms with Crippen LogP contribution >= 0.6 is 0 Å². The van der Waals surface area contributed by atoms with E-state index in [2.05, 4.69) is 20.2 Å². The molecule has 0 aliphatic rings. The van der Waals surface area contributed by atoms with Crippen LogP contribution in [0.2, 0.25) is 0 Å². The van der Waals surface area contributed by atoms with Crippen LogP contribution in [-0.2, 0) is 27.7 Å². The first kappa shape index (κ1) is 20.7. The fourth-order valence-electron chi connectivity index (χ4n) is 2.25. The normalized spacial score (nSPS) is 11.2. The summed E-state index contributed by atoms with van der Waals surface area (Å²) in [4.78, 5) is 16.3. The van der Waals surface area contributed by atoms with Crippen LogP contribution in [-0.4, -0.2) is 37.3 Å². The predicted molar refractivity (Wildman–Crippen MR) is 101 cm³/mol. The number of amides is 1. The van der Waals surface area contributed by atoms with Crippen molar-refractivity contribution in [3.05, 3.63) is 29.9 Å². The van der Waals surface area contributed by atoms with Crippen LogP contribution in [0.4, 0.5) is 11.4 Å². The van der Waals surface area contributed by atoms with Crippen molar-refractivity contribution in [2.45, 2.75) is 39.5 Å². The first-order valence-corrected chi connectivity index (χ1v) is 10.3. The fourth-order valence-corrected chi connectivity index (χ4v) is 2.90. The lowest BCUT2D eigenvalue weighted by atomic mass is 10.2. The molecule has 0 aliphatic heterocycles. The summed E-state index contributed by atoms with van der Waals surface area (Å²) in [7, 11) is -2.00. The Balaban J connectivity index is 1.96. The van der Waals surface area contributed by atoms with E-state index in [0.717, 1.165) is 12.8 Å². The van der Waals surface area contributed by atoms with Gasteiger partial charge >= 0.3 is 0 Å². The third-order valence-corrected chi connectivity index (χ3v) is 4.97. The van der Waals surface area contributed by atoms with E-state index in [0.29, 0.717) is 35.3 Å². The van der Waals surface area contributed by atoms with Gasteiger partial charge in [-0.3, -0.25) is 9.52 Å². The minimum Gasteiger partial charge on any atom is -0.494 e. The van der Waals surface area contributed by atoms with E-state index < -0.39 is 10.0 Å². The topological polar surface area (TPSA) is 123 Å². The highest BCUT2D eigenvalue weighted by Crippen LogP contribution is 2.29. The average molecular weight is 396 g/mol. The molecule has 0 atom stereocenters. The number of hydrogen-bond donors (Lipinski definition) is 2. The maximum absolute atomic E-state index is 12.1. The second kappa shape index (κ2) is 9.36. The summed E-state index contributed by atoms with van der Waals surface area (Å²) in [6, 6.07) is 4.69. The zero-order valence-corrected chi connectivity index (χ0v) is 16.4. The lowest BCUT2D eigenvalue weighted by Gasteiger charge is -2.13. The molecule has 27 heavy (non-hydrogen) atoms.